The first-order valence-electron chi connectivity index (χ1n) is 12.7. The van der Waals surface area contributed by atoms with Gasteiger partial charge >= 0.3 is 6.03 Å². The molecule has 3 amide bonds. The number of likely N-dealkylation sites (tertiary alicyclic amines) is 1. The maximum absolute atomic E-state index is 14.2. The van der Waals surface area contributed by atoms with Gasteiger partial charge in [0.15, 0.2) is 0 Å². The molecule has 2 atom stereocenters. The van der Waals surface area contributed by atoms with Crippen molar-refractivity contribution in [3.63, 3.8) is 0 Å². The Morgan fingerprint density at radius 1 is 1.08 bits per heavy atom. The van der Waals surface area contributed by atoms with E-state index in [0.717, 1.165) is 11.3 Å². The van der Waals surface area contributed by atoms with Gasteiger partial charge in [0.05, 0.1) is 18.9 Å². The maximum atomic E-state index is 14.2. The number of ether oxygens (including phenoxy) is 1. The van der Waals surface area contributed by atoms with Gasteiger partial charge in [-0.05, 0) is 81.6 Å². The second kappa shape index (κ2) is 10.0. The van der Waals surface area contributed by atoms with Crippen LogP contribution in [0.15, 0.2) is 71.3 Å². The van der Waals surface area contributed by atoms with Crippen LogP contribution in [0.25, 0.3) is 0 Å². The molecule has 0 unspecified atom stereocenters. The van der Waals surface area contributed by atoms with Crippen LogP contribution in [0, 0.1) is 5.82 Å². The van der Waals surface area contributed by atoms with Gasteiger partial charge in [-0.25, -0.2) is 9.18 Å². The van der Waals surface area contributed by atoms with Crippen LogP contribution in [0.1, 0.15) is 44.9 Å². The van der Waals surface area contributed by atoms with E-state index in [-0.39, 0.29) is 24.6 Å². The molecular weight excluding hydrogens is 473 g/mol. The number of imide groups is 1. The van der Waals surface area contributed by atoms with Crippen molar-refractivity contribution in [2.75, 3.05) is 11.4 Å². The van der Waals surface area contributed by atoms with Crippen LogP contribution in [0.4, 0.5) is 14.9 Å². The van der Waals surface area contributed by atoms with Crippen molar-refractivity contribution in [2.45, 2.75) is 64.4 Å². The second-order valence-electron chi connectivity index (χ2n) is 10.2. The van der Waals surface area contributed by atoms with Gasteiger partial charge in [0.25, 0.3) is 5.91 Å². The number of urea groups is 1. The summed E-state index contributed by atoms with van der Waals surface area (Å²) in [5.41, 5.74) is 0.423. The van der Waals surface area contributed by atoms with Crippen LogP contribution < -0.4 is 9.64 Å². The van der Waals surface area contributed by atoms with Gasteiger partial charge in [-0.2, -0.15) is 0 Å². The molecule has 8 heteroatoms. The third-order valence-corrected chi connectivity index (χ3v) is 7.18. The van der Waals surface area contributed by atoms with E-state index < -0.39 is 17.4 Å². The standard InChI is InChI=1S/C29H32FN3O4/c1-20(2)37-25-10-4-7-22(15-25)18-31-13-12-29(17-21(31)3)27(34)32(19-26-11-6-14-36-26)28(35)33(29)24-9-5-8-23(30)16-24/h4-11,14-16,20-21H,12-13,17-19H2,1-3H3/t21-,29+/m0/s1. The zero-order valence-corrected chi connectivity index (χ0v) is 21.4. The molecule has 1 spiro atoms. The highest BCUT2D eigenvalue weighted by atomic mass is 19.1. The number of rotatable bonds is 7. The summed E-state index contributed by atoms with van der Waals surface area (Å²) in [6.07, 6.45) is 2.48. The van der Waals surface area contributed by atoms with Crippen molar-refractivity contribution in [1.82, 2.24) is 9.80 Å². The zero-order valence-electron chi connectivity index (χ0n) is 21.4. The lowest BCUT2D eigenvalue weighted by molar-refractivity contribution is -0.133. The topological polar surface area (TPSA) is 66.2 Å². The number of furan rings is 1. The summed E-state index contributed by atoms with van der Waals surface area (Å²) >= 11 is 0. The monoisotopic (exact) mass is 505 g/mol. The van der Waals surface area contributed by atoms with E-state index in [1.54, 1.807) is 24.3 Å². The first-order valence-corrected chi connectivity index (χ1v) is 12.7. The summed E-state index contributed by atoms with van der Waals surface area (Å²) in [5.74, 6) is 0.631. The van der Waals surface area contributed by atoms with Crippen molar-refractivity contribution in [3.8, 4) is 5.75 Å². The molecule has 0 bridgehead atoms. The van der Waals surface area contributed by atoms with Crippen molar-refractivity contribution < 1.29 is 23.1 Å². The number of carbonyl (C=O) groups excluding carboxylic acids is 2. The molecule has 0 saturated carbocycles. The smallest absolute Gasteiger partial charge is 0.332 e. The normalized spacial score (nSPS) is 22.5. The maximum Gasteiger partial charge on any atom is 0.332 e. The highest BCUT2D eigenvalue weighted by Crippen LogP contribution is 2.43. The zero-order chi connectivity index (χ0) is 26.2. The molecule has 3 aromatic rings. The summed E-state index contributed by atoms with van der Waals surface area (Å²) in [7, 11) is 0. The highest BCUT2D eigenvalue weighted by molar-refractivity contribution is 6.16. The fourth-order valence-electron chi connectivity index (χ4n) is 5.53. The molecule has 2 aliphatic rings. The van der Waals surface area contributed by atoms with Crippen LogP contribution in [0.2, 0.25) is 0 Å². The van der Waals surface area contributed by atoms with Gasteiger partial charge in [-0.1, -0.05) is 18.2 Å². The quantitative estimate of drug-likeness (QED) is 0.391. The van der Waals surface area contributed by atoms with E-state index in [1.807, 2.05) is 32.0 Å². The number of amides is 3. The molecule has 0 aliphatic carbocycles. The molecule has 0 radical (unpaired) electrons. The minimum absolute atomic E-state index is 0.000190. The van der Waals surface area contributed by atoms with E-state index >= 15 is 0 Å². The molecule has 7 nitrogen and oxygen atoms in total. The summed E-state index contributed by atoms with van der Waals surface area (Å²) in [6, 6.07) is 17.0. The lowest BCUT2D eigenvalue weighted by Crippen LogP contribution is -2.59. The van der Waals surface area contributed by atoms with Crippen molar-refractivity contribution in [2.24, 2.45) is 0 Å². The lowest BCUT2D eigenvalue weighted by atomic mass is 9.81. The van der Waals surface area contributed by atoms with E-state index in [2.05, 4.69) is 17.9 Å². The van der Waals surface area contributed by atoms with Gasteiger partial charge in [0, 0.05) is 24.8 Å². The Hall–Kier alpha value is -3.65. The van der Waals surface area contributed by atoms with E-state index in [1.165, 1.54) is 28.2 Å². The molecule has 2 aliphatic heterocycles. The molecule has 194 valence electrons. The predicted molar refractivity (Wildman–Crippen MR) is 138 cm³/mol. The van der Waals surface area contributed by atoms with Crippen LogP contribution >= 0.6 is 0 Å². The number of hydrogen-bond donors (Lipinski definition) is 0. The molecule has 0 N–H and O–H groups in total. The first-order chi connectivity index (χ1) is 17.8. The third-order valence-electron chi connectivity index (χ3n) is 7.18. The number of benzene rings is 2. The summed E-state index contributed by atoms with van der Waals surface area (Å²) in [6.45, 7) is 7.42. The van der Waals surface area contributed by atoms with Gasteiger partial charge in [-0.3, -0.25) is 19.5 Å². The van der Waals surface area contributed by atoms with Crippen LogP contribution in [-0.4, -0.2) is 46.0 Å². The SMILES string of the molecule is CC(C)Oc1cccc(CN2CC[C@@]3(C[C@@H]2C)C(=O)N(Cc2ccco2)C(=O)N3c2cccc(F)c2)c1. The number of piperidine rings is 1. The van der Waals surface area contributed by atoms with Crippen molar-refractivity contribution in [1.29, 1.82) is 0 Å². The molecule has 2 fully saturated rings. The third kappa shape index (κ3) is 4.85. The van der Waals surface area contributed by atoms with Crippen LogP contribution in [0.5, 0.6) is 5.75 Å². The molecule has 1 aromatic heterocycles. The molecule has 2 saturated heterocycles. The fourth-order valence-corrected chi connectivity index (χ4v) is 5.53. The average molecular weight is 506 g/mol. The minimum atomic E-state index is -1.09. The Morgan fingerprint density at radius 2 is 1.89 bits per heavy atom. The Labute approximate surface area is 216 Å². The van der Waals surface area contributed by atoms with Gasteiger partial charge in [0.2, 0.25) is 0 Å². The number of nitrogens with zero attached hydrogens (tertiary/aromatic N) is 3. The fraction of sp³-hybridized carbons (Fsp3) is 0.379. The van der Waals surface area contributed by atoms with E-state index in [0.29, 0.717) is 37.4 Å². The number of hydrogen-bond acceptors (Lipinski definition) is 5. The number of carbonyl (C=O) groups is 2. The van der Waals surface area contributed by atoms with Gasteiger partial charge in [0.1, 0.15) is 22.9 Å². The van der Waals surface area contributed by atoms with Crippen LogP contribution in [-0.2, 0) is 17.9 Å². The highest BCUT2D eigenvalue weighted by Gasteiger charge is 2.59. The second-order valence-corrected chi connectivity index (χ2v) is 10.2. The predicted octanol–water partition coefficient (Wildman–Crippen LogP) is 5.60. The Balaban J connectivity index is 1.42. The average Bonchev–Trinajstić information content (AvgIpc) is 3.43. The minimum Gasteiger partial charge on any atom is -0.491 e. The largest absolute Gasteiger partial charge is 0.491 e. The molecule has 5 rings (SSSR count). The lowest BCUT2D eigenvalue weighted by Gasteiger charge is -2.45. The number of halogens is 1. The molecule has 37 heavy (non-hydrogen) atoms. The Kier molecular flexibility index (Phi) is 6.77. The molecular formula is C29H32FN3O4. The summed E-state index contributed by atoms with van der Waals surface area (Å²) < 4.78 is 25.5. The Bertz CT molecular complexity index is 1280. The van der Waals surface area contributed by atoms with Gasteiger partial charge in [-0.15, -0.1) is 0 Å². The van der Waals surface area contributed by atoms with E-state index in [4.69, 9.17) is 9.15 Å². The molecule has 3 heterocycles. The van der Waals surface area contributed by atoms with Crippen molar-refractivity contribution in [3.05, 3.63) is 84.1 Å². The van der Waals surface area contributed by atoms with Crippen molar-refractivity contribution >= 4 is 17.6 Å². The van der Waals surface area contributed by atoms with E-state index in [9.17, 15) is 14.0 Å². The Morgan fingerprint density at radius 3 is 2.59 bits per heavy atom. The number of anilines is 1. The summed E-state index contributed by atoms with van der Waals surface area (Å²) in [5, 5.41) is 0. The van der Waals surface area contributed by atoms with Gasteiger partial charge < -0.3 is 9.15 Å². The molecule has 2 aromatic carbocycles. The first kappa shape index (κ1) is 25.0. The summed E-state index contributed by atoms with van der Waals surface area (Å²) in [4.78, 5) is 32.7. The van der Waals surface area contributed by atoms with Crippen LogP contribution in [0.3, 0.4) is 0 Å².